The summed E-state index contributed by atoms with van der Waals surface area (Å²) >= 11 is 0. The third-order valence-corrected chi connectivity index (χ3v) is 2.00. The van der Waals surface area contributed by atoms with Crippen LogP contribution in [0.2, 0.25) is 0 Å². The highest BCUT2D eigenvalue weighted by Crippen LogP contribution is 2.03. The lowest BCUT2D eigenvalue weighted by molar-refractivity contribution is -0.148. The van der Waals surface area contributed by atoms with Crippen LogP contribution in [0.25, 0.3) is 0 Å². The van der Waals surface area contributed by atoms with E-state index in [1.54, 1.807) is 6.92 Å². The Hall–Kier alpha value is -1.84. The molecule has 4 nitrogen and oxygen atoms in total. The van der Waals surface area contributed by atoms with Gasteiger partial charge >= 0.3 is 11.9 Å². The second-order valence-electron chi connectivity index (χ2n) is 4.00. The topological polar surface area (TPSA) is 63.6 Å². The average Bonchev–Trinajstić information content (AvgIpc) is 2.37. The standard InChI is InChI=1S/C11H14O2.C3H6O2/c1-9(2)11(12)13-8-10-6-4-3-5-7-10;1-2-3(4)5/h3-7,9H,8H2,1-2H3;2H2,1H3,(H,4,5). The lowest BCUT2D eigenvalue weighted by Crippen LogP contribution is -2.11. The molecular formula is C14H20O4. The zero-order chi connectivity index (χ0) is 14.0. The molecule has 0 atom stereocenters. The number of esters is 1. The fourth-order valence-corrected chi connectivity index (χ4v) is 0.895. The molecule has 0 bridgehead atoms. The van der Waals surface area contributed by atoms with Gasteiger partial charge in [0.2, 0.25) is 0 Å². The van der Waals surface area contributed by atoms with Gasteiger partial charge in [-0.1, -0.05) is 51.1 Å². The molecule has 0 radical (unpaired) electrons. The van der Waals surface area contributed by atoms with Crippen LogP contribution in [0.5, 0.6) is 0 Å². The van der Waals surface area contributed by atoms with Gasteiger partial charge in [0.25, 0.3) is 0 Å². The largest absolute Gasteiger partial charge is 0.481 e. The summed E-state index contributed by atoms with van der Waals surface area (Å²) < 4.78 is 5.05. The summed E-state index contributed by atoms with van der Waals surface area (Å²) in [6.07, 6.45) is 0.222. The molecule has 1 N–H and O–H groups in total. The Morgan fingerprint density at radius 1 is 1.22 bits per heavy atom. The summed E-state index contributed by atoms with van der Waals surface area (Å²) in [5.74, 6) is -0.947. The molecule has 0 unspecified atom stereocenters. The minimum absolute atomic E-state index is 0.0521. The van der Waals surface area contributed by atoms with Crippen LogP contribution in [-0.2, 0) is 20.9 Å². The third-order valence-electron chi connectivity index (χ3n) is 2.00. The van der Waals surface area contributed by atoms with Crippen LogP contribution < -0.4 is 0 Å². The highest BCUT2D eigenvalue weighted by atomic mass is 16.5. The van der Waals surface area contributed by atoms with E-state index in [4.69, 9.17) is 9.84 Å². The molecule has 0 aliphatic heterocycles. The maximum Gasteiger partial charge on any atom is 0.308 e. The Balaban J connectivity index is 0.000000494. The minimum atomic E-state index is -0.745. The summed E-state index contributed by atoms with van der Waals surface area (Å²) in [4.78, 5) is 20.5. The predicted molar refractivity (Wildman–Crippen MR) is 69.0 cm³/mol. The van der Waals surface area contributed by atoms with Gasteiger partial charge in [-0.05, 0) is 5.56 Å². The molecule has 0 heterocycles. The van der Waals surface area contributed by atoms with E-state index in [0.717, 1.165) is 5.56 Å². The van der Waals surface area contributed by atoms with Crippen molar-refractivity contribution in [1.29, 1.82) is 0 Å². The minimum Gasteiger partial charge on any atom is -0.481 e. The average molecular weight is 252 g/mol. The number of carbonyl (C=O) groups is 2. The molecule has 0 spiro atoms. The van der Waals surface area contributed by atoms with Crippen LogP contribution in [0.15, 0.2) is 30.3 Å². The Kier molecular flexibility index (Phi) is 8.27. The van der Waals surface area contributed by atoms with E-state index in [1.807, 2.05) is 44.2 Å². The Morgan fingerprint density at radius 2 is 1.72 bits per heavy atom. The van der Waals surface area contributed by atoms with Crippen molar-refractivity contribution in [3.05, 3.63) is 35.9 Å². The number of benzene rings is 1. The van der Waals surface area contributed by atoms with Crippen molar-refractivity contribution in [1.82, 2.24) is 0 Å². The Bertz CT molecular complexity index is 357. The van der Waals surface area contributed by atoms with Gasteiger partial charge in [0.1, 0.15) is 6.61 Å². The third kappa shape index (κ3) is 8.33. The monoisotopic (exact) mass is 252 g/mol. The van der Waals surface area contributed by atoms with Crippen LogP contribution in [0.1, 0.15) is 32.8 Å². The smallest absolute Gasteiger partial charge is 0.308 e. The molecule has 0 saturated carbocycles. The second-order valence-corrected chi connectivity index (χ2v) is 4.00. The molecule has 0 aliphatic carbocycles. The summed E-state index contributed by atoms with van der Waals surface area (Å²) in [5, 5.41) is 7.72. The normalized spacial score (nSPS) is 9.33. The Labute approximate surface area is 108 Å². The molecule has 1 rings (SSSR count). The molecule has 4 heteroatoms. The fourth-order valence-electron chi connectivity index (χ4n) is 0.895. The SMILES string of the molecule is CC(C)C(=O)OCc1ccccc1.CCC(=O)O. The van der Waals surface area contributed by atoms with Crippen molar-refractivity contribution in [2.75, 3.05) is 0 Å². The summed E-state index contributed by atoms with van der Waals surface area (Å²) in [6.45, 7) is 5.63. The first kappa shape index (κ1) is 16.2. The molecule has 0 fully saturated rings. The quantitative estimate of drug-likeness (QED) is 0.837. The van der Waals surface area contributed by atoms with Gasteiger partial charge in [0, 0.05) is 6.42 Å². The zero-order valence-electron chi connectivity index (χ0n) is 11.1. The molecule has 0 aromatic heterocycles. The van der Waals surface area contributed by atoms with Crippen LogP contribution >= 0.6 is 0 Å². The van der Waals surface area contributed by atoms with Gasteiger partial charge in [0.05, 0.1) is 5.92 Å². The molecule has 0 amide bonds. The number of rotatable bonds is 4. The van der Waals surface area contributed by atoms with Crippen molar-refractivity contribution in [2.45, 2.75) is 33.8 Å². The molecule has 0 aliphatic rings. The zero-order valence-corrected chi connectivity index (χ0v) is 11.1. The van der Waals surface area contributed by atoms with E-state index in [1.165, 1.54) is 0 Å². The van der Waals surface area contributed by atoms with Crippen LogP contribution in [0.4, 0.5) is 0 Å². The summed E-state index contributed by atoms with van der Waals surface area (Å²) in [7, 11) is 0. The van der Waals surface area contributed by atoms with Crippen molar-refractivity contribution in [3.63, 3.8) is 0 Å². The predicted octanol–water partition coefficient (Wildman–Crippen LogP) is 2.87. The van der Waals surface area contributed by atoms with Gasteiger partial charge in [0.15, 0.2) is 0 Å². The van der Waals surface area contributed by atoms with E-state index in [2.05, 4.69) is 0 Å². The van der Waals surface area contributed by atoms with Crippen molar-refractivity contribution in [3.8, 4) is 0 Å². The molecule has 1 aromatic carbocycles. The van der Waals surface area contributed by atoms with Gasteiger partial charge in [-0.25, -0.2) is 0 Å². The second kappa shape index (κ2) is 9.22. The highest BCUT2D eigenvalue weighted by molar-refractivity contribution is 5.71. The lowest BCUT2D eigenvalue weighted by Gasteiger charge is -2.06. The van der Waals surface area contributed by atoms with Crippen molar-refractivity contribution < 1.29 is 19.4 Å². The van der Waals surface area contributed by atoms with Gasteiger partial charge in [-0.2, -0.15) is 0 Å². The van der Waals surface area contributed by atoms with Gasteiger partial charge in [-0.15, -0.1) is 0 Å². The number of carboxylic acids is 1. The van der Waals surface area contributed by atoms with Crippen molar-refractivity contribution >= 4 is 11.9 Å². The Morgan fingerprint density at radius 3 is 2.11 bits per heavy atom. The lowest BCUT2D eigenvalue weighted by atomic mass is 10.2. The number of hydrogen-bond acceptors (Lipinski definition) is 3. The number of aliphatic carboxylic acids is 1. The number of carboxylic acid groups (broad SMARTS) is 1. The number of hydrogen-bond donors (Lipinski definition) is 1. The fraction of sp³-hybridized carbons (Fsp3) is 0.429. The highest BCUT2D eigenvalue weighted by Gasteiger charge is 2.07. The van der Waals surface area contributed by atoms with Crippen LogP contribution in [-0.4, -0.2) is 17.0 Å². The maximum absolute atomic E-state index is 11.1. The molecular weight excluding hydrogens is 232 g/mol. The number of carbonyl (C=O) groups excluding carboxylic acids is 1. The number of ether oxygens (including phenoxy) is 1. The molecule has 18 heavy (non-hydrogen) atoms. The van der Waals surface area contributed by atoms with E-state index in [9.17, 15) is 9.59 Å². The first-order valence-electron chi connectivity index (χ1n) is 5.89. The van der Waals surface area contributed by atoms with E-state index in [-0.39, 0.29) is 18.3 Å². The van der Waals surface area contributed by atoms with E-state index < -0.39 is 5.97 Å². The molecule has 0 saturated heterocycles. The molecule has 1 aromatic rings. The van der Waals surface area contributed by atoms with E-state index >= 15 is 0 Å². The van der Waals surface area contributed by atoms with E-state index in [0.29, 0.717) is 6.61 Å². The summed E-state index contributed by atoms with van der Waals surface area (Å²) in [6, 6.07) is 9.67. The first-order valence-corrected chi connectivity index (χ1v) is 5.89. The maximum atomic E-state index is 11.1. The van der Waals surface area contributed by atoms with Crippen LogP contribution in [0.3, 0.4) is 0 Å². The van der Waals surface area contributed by atoms with Crippen LogP contribution in [0, 0.1) is 5.92 Å². The van der Waals surface area contributed by atoms with Crippen molar-refractivity contribution in [2.24, 2.45) is 5.92 Å². The van der Waals surface area contributed by atoms with Gasteiger partial charge < -0.3 is 9.84 Å². The summed E-state index contributed by atoms with van der Waals surface area (Å²) in [5.41, 5.74) is 1.02. The van der Waals surface area contributed by atoms with Gasteiger partial charge in [-0.3, -0.25) is 9.59 Å². The first-order chi connectivity index (χ1) is 8.47. The molecule has 100 valence electrons.